The zero-order valence-corrected chi connectivity index (χ0v) is 25.2. The van der Waals surface area contributed by atoms with Gasteiger partial charge in [-0.1, -0.05) is 31.7 Å². The van der Waals surface area contributed by atoms with Crippen molar-refractivity contribution in [2.75, 3.05) is 33.2 Å². The average molecular weight is 558 g/mol. The van der Waals surface area contributed by atoms with Gasteiger partial charge in [0.25, 0.3) is 0 Å². The highest BCUT2D eigenvalue weighted by Gasteiger charge is 2.51. The maximum absolute atomic E-state index is 14.9. The van der Waals surface area contributed by atoms with E-state index in [-0.39, 0.29) is 34.7 Å². The molecule has 3 atom stereocenters. The number of benzene rings is 1. The molecule has 1 aromatic rings. The van der Waals surface area contributed by atoms with E-state index in [1.54, 1.807) is 6.92 Å². The molecule has 0 radical (unpaired) electrons. The zero-order chi connectivity index (χ0) is 28.8. The zero-order valence-electron chi connectivity index (χ0n) is 25.2. The molecule has 2 saturated carbocycles. The molecular formula is C33H49F2N3O2. The molecule has 2 heterocycles. The molecular weight excluding hydrogens is 508 g/mol. The standard InChI is InChI=1S/C33H49F2N3O2/c1-22(39)36(5)33(14-15-33)19-27(23-8-6-7-9-23)24-12-16-37(17-13-24)31(40)29-21-38(32(2,3)4)20-28(29)26-11-10-25(34)18-30(26)35/h10-11,18,23-24,27-29H,6-9,12-17,19-21H2,1-5H3/t27-,28-,29+/m0/s1. The van der Waals surface area contributed by atoms with Gasteiger partial charge in [0.1, 0.15) is 11.6 Å². The predicted octanol–water partition coefficient (Wildman–Crippen LogP) is 6.22. The Hall–Kier alpha value is -2.02. The third kappa shape index (κ3) is 5.96. The van der Waals surface area contributed by atoms with Crippen LogP contribution in [0.5, 0.6) is 0 Å². The summed E-state index contributed by atoms with van der Waals surface area (Å²) in [5, 5.41) is 0. The Labute approximate surface area is 239 Å². The highest BCUT2D eigenvalue weighted by atomic mass is 19.1. The van der Waals surface area contributed by atoms with Crippen molar-refractivity contribution in [1.82, 2.24) is 14.7 Å². The van der Waals surface area contributed by atoms with Gasteiger partial charge in [-0.25, -0.2) is 8.78 Å². The average Bonchev–Trinajstić information content (AvgIpc) is 3.27. The summed E-state index contributed by atoms with van der Waals surface area (Å²) in [5.74, 6) is 0.428. The van der Waals surface area contributed by atoms with Crippen LogP contribution >= 0.6 is 0 Å². The molecule has 0 unspecified atom stereocenters. The second kappa shape index (κ2) is 11.3. The van der Waals surface area contributed by atoms with Crippen molar-refractivity contribution in [3.63, 3.8) is 0 Å². The van der Waals surface area contributed by atoms with E-state index in [4.69, 9.17) is 0 Å². The van der Waals surface area contributed by atoms with E-state index >= 15 is 0 Å². The summed E-state index contributed by atoms with van der Waals surface area (Å²) in [6.45, 7) is 10.7. The second-order valence-corrected chi connectivity index (χ2v) is 14.3. The van der Waals surface area contributed by atoms with Crippen LogP contribution in [-0.4, -0.2) is 70.8 Å². The largest absolute Gasteiger partial charge is 0.342 e. The minimum Gasteiger partial charge on any atom is -0.342 e. The molecule has 0 spiro atoms. The molecule has 4 fully saturated rings. The van der Waals surface area contributed by atoms with E-state index in [1.807, 2.05) is 16.8 Å². The highest BCUT2D eigenvalue weighted by Crippen LogP contribution is 2.52. The van der Waals surface area contributed by atoms with Crippen LogP contribution in [-0.2, 0) is 9.59 Å². The fourth-order valence-electron chi connectivity index (χ4n) is 8.20. The number of hydrogen-bond donors (Lipinski definition) is 0. The summed E-state index contributed by atoms with van der Waals surface area (Å²) < 4.78 is 28.6. The molecule has 40 heavy (non-hydrogen) atoms. The SMILES string of the molecule is CC(=O)N(C)C1(C[C@@H](C2CCCC2)C2CCN(C(=O)[C@@H]3CN(C(C)(C)C)C[C@H]3c3ccc(F)cc3F)CC2)CC1. The molecule has 0 N–H and O–H groups in total. The first-order valence-corrected chi connectivity index (χ1v) is 15.6. The van der Waals surface area contributed by atoms with Crippen LogP contribution in [0.3, 0.4) is 0 Å². The van der Waals surface area contributed by atoms with Gasteiger partial charge in [-0.15, -0.1) is 0 Å². The first-order valence-electron chi connectivity index (χ1n) is 15.6. The van der Waals surface area contributed by atoms with Gasteiger partial charge in [0.05, 0.1) is 5.92 Å². The monoisotopic (exact) mass is 557 g/mol. The van der Waals surface area contributed by atoms with Crippen molar-refractivity contribution in [2.45, 2.75) is 102 Å². The lowest BCUT2D eigenvalue weighted by atomic mass is 9.72. The van der Waals surface area contributed by atoms with Gasteiger partial charge in [-0.2, -0.15) is 0 Å². The van der Waals surface area contributed by atoms with E-state index in [0.29, 0.717) is 30.5 Å². The summed E-state index contributed by atoms with van der Waals surface area (Å²) in [6, 6.07) is 3.79. The smallest absolute Gasteiger partial charge is 0.227 e. The summed E-state index contributed by atoms with van der Waals surface area (Å²) in [7, 11) is 1.98. The van der Waals surface area contributed by atoms with Crippen LogP contribution in [0.25, 0.3) is 0 Å². The summed E-state index contributed by atoms with van der Waals surface area (Å²) in [6.07, 6.45) is 10.5. The van der Waals surface area contributed by atoms with Crippen LogP contribution in [0, 0.1) is 35.3 Å². The maximum Gasteiger partial charge on any atom is 0.227 e. The molecule has 4 aliphatic rings. The molecule has 2 aliphatic carbocycles. The van der Waals surface area contributed by atoms with E-state index in [9.17, 15) is 18.4 Å². The van der Waals surface area contributed by atoms with E-state index in [1.165, 1.54) is 37.8 Å². The quantitative estimate of drug-likeness (QED) is 0.400. The fraction of sp³-hybridized carbons (Fsp3) is 0.758. The van der Waals surface area contributed by atoms with Gasteiger partial charge in [-0.3, -0.25) is 14.5 Å². The molecule has 2 amide bonds. The first kappa shape index (κ1) is 29.5. The van der Waals surface area contributed by atoms with E-state index in [2.05, 4.69) is 25.7 Å². The van der Waals surface area contributed by atoms with Crippen LogP contribution in [0.1, 0.15) is 97.0 Å². The molecule has 0 bridgehead atoms. The second-order valence-electron chi connectivity index (χ2n) is 14.3. The molecule has 7 heteroatoms. The lowest BCUT2D eigenvalue weighted by Gasteiger charge is -2.42. The van der Waals surface area contributed by atoms with Crippen molar-refractivity contribution in [3.8, 4) is 0 Å². The number of rotatable bonds is 7. The normalized spacial score (nSPS) is 26.7. The highest BCUT2D eigenvalue weighted by molar-refractivity contribution is 5.81. The molecule has 2 saturated heterocycles. The van der Waals surface area contributed by atoms with Crippen LogP contribution in [0.15, 0.2) is 18.2 Å². The maximum atomic E-state index is 14.9. The lowest BCUT2D eigenvalue weighted by Crippen LogP contribution is -2.47. The number of nitrogens with zero attached hydrogens (tertiary/aromatic N) is 3. The van der Waals surface area contributed by atoms with Gasteiger partial charge in [0, 0.05) is 63.2 Å². The number of halogens is 2. The third-order valence-electron chi connectivity index (χ3n) is 11.0. The van der Waals surface area contributed by atoms with Crippen molar-refractivity contribution in [2.24, 2.45) is 23.7 Å². The third-order valence-corrected chi connectivity index (χ3v) is 11.0. The van der Waals surface area contributed by atoms with E-state index < -0.39 is 11.6 Å². The minimum atomic E-state index is -0.587. The Morgan fingerprint density at radius 1 is 1.02 bits per heavy atom. The van der Waals surface area contributed by atoms with Gasteiger partial charge < -0.3 is 9.80 Å². The number of amides is 2. The van der Waals surface area contributed by atoms with Crippen molar-refractivity contribution in [1.29, 1.82) is 0 Å². The van der Waals surface area contributed by atoms with Gasteiger partial charge in [-0.05, 0) is 82.3 Å². The lowest BCUT2D eigenvalue weighted by molar-refractivity contribution is -0.138. The molecule has 222 valence electrons. The minimum absolute atomic E-state index is 0.0404. The van der Waals surface area contributed by atoms with Crippen molar-refractivity contribution >= 4 is 11.8 Å². The molecule has 2 aliphatic heterocycles. The van der Waals surface area contributed by atoms with Crippen LogP contribution in [0.4, 0.5) is 8.78 Å². The summed E-state index contributed by atoms with van der Waals surface area (Å²) >= 11 is 0. The Balaban J connectivity index is 1.29. The number of hydrogen-bond acceptors (Lipinski definition) is 3. The molecule has 1 aromatic carbocycles. The topological polar surface area (TPSA) is 43.9 Å². The number of carbonyl (C=O) groups is 2. The fourth-order valence-corrected chi connectivity index (χ4v) is 8.20. The summed E-state index contributed by atoms with van der Waals surface area (Å²) in [4.78, 5) is 32.6. The first-order chi connectivity index (χ1) is 18.9. The number of likely N-dealkylation sites (tertiary alicyclic amines) is 2. The number of piperidine rings is 1. The van der Waals surface area contributed by atoms with Crippen LogP contribution in [0.2, 0.25) is 0 Å². The van der Waals surface area contributed by atoms with Gasteiger partial charge >= 0.3 is 0 Å². The Morgan fingerprint density at radius 3 is 2.20 bits per heavy atom. The van der Waals surface area contributed by atoms with Gasteiger partial charge in [0.15, 0.2) is 0 Å². The van der Waals surface area contributed by atoms with Crippen molar-refractivity contribution in [3.05, 3.63) is 35.4 Å². The molecule has 0 aromatic heterocycles. The van der Waals surface area contributed by atoms with Gasteiger partial charge in [0.2, 0.25) is 11.8 Å². The molecule has 5 nitrogen and oxygen atoms in total. The number of carbonyl (C=O) groups excluding carboxylic acids is 2. The van der Waals surface area contributed by atoms with Crippen molar-refractivity contribution < 1.29 is 18.4 Å². The predicted molar refractivity (Wildman–Crippen MR) is 154 cm³/mol. The van der Waals surface area contributed by atoms with E-state index in [0.717, 1.165) is 57.2 Å². The Kier molecular flexibility index (Phi) is 8.35. The molecule has 5 rings (SSSR count). The summed E-state index contributed by atoms with van der Waals surface area (Å²) in [5.41, 5.74) is 0.350. The Bertz CT molecular complexity index is 1080. The Morgan fingerprint density at radius 2 is 1.65 bits per heavy atom. The van der Waals surface area contributed by atoms with Crippen LogP contribution < -0.4 is 0 Å².